The summed E-state index contributed by atoms with van der Waals surface area (Å²) in [4.78, 5) is 240. The number of hydrogen-bond donors (Lipinski definition) is 21. The highest BCUT2D eigenvalue weighted by molar-refractivity contribution is 6.02. The third-order valence-corrected chi connectivity index (χ3v) is 23.1. The van der Waals surface area contributed by atoms with Crippen LogP contribution in [0.1, 0.15) is 166 Å². The van der Waals surface area contributed by atoms with E-state index in [-0.39, 0.29) is 88.2 Å². The minimum Gasteiger partial charge on any atom is -0.395 e. The van der Waals surface area contributed by atoms with Crippen LogP contribution in [0.4, 0.5) is 0 Å². The maximum absolute atomic E-state index is 15.6. The van der Waals surface area contributed by atoms with Crippen molar-refractivity contribution in [2.24, 2.45) is 41.4 Å². The molecule has 0 saturated heterocycles. The Morgan fingerprint density at radius 2 is 0.537 bits per heavy atom. The fourth-order valence-electron chi connectivity index (χ4n) is 15.8. The third-order valence-electron chi connectivity index (χ3n) is 23.1. The third kappa shape index (κ3) is 30.8. The summed E-state index contributed by atoms with van der Waals surface area (Å²) in [5.74, 6) is -14.3. The van der Waals surface area contributed by atoms with E-state index in [9.17, 15) is 53.1 Å². The van der Waals surface area contributed by atoms with Crippen molar-refractivity contribution >= 4 is 139 Å². The molecule has 0 radical (unpaired) electrons. The molecule has 4 aromatic heterocycles. The predicted molar refractivity (Wildman–Crippen MR) is 509 cm³/mol. The largest absolute Gasteiger partial charge is 0.395 e. The Balaban J connectivity index is 1.01. The van der Waals surface area contributed by atoms with Gasteiger partial charge in [0, 0.05) is 101 Å². The van der Waals surface area contributed by atoms with Crippen LogP contribution in [0.3, 0.4) is 0 Å². The molecule has 37 heteroatoms. The average Bonchev–Trinajstić information content (AvgIpc) is 1.66. The van der Waals surface area contributed by atoms with E-state index >= 15 is 28.8 Å². The summed E-state index contributed by atoms with van der Waals surface area (Å²) in [5.41, 5.74) is 5.50. The van der Waals surface area contributed by atoms with Crippen LogP contribution < -0.4 is 85.1 Å². The lowest BCUT2D eigenvalue weighted by Gasteiger charge is -2.31. The van der Waals surface area contributed by atoms with Gasteiger partial charge in [0.2, 0.25) is 95.0 Å². The van der Waals surface area contributed by atoms with E-state index in [4.69, 9.17) is 0 Å². The van der Waals surface area contributed by atoms with Gasteiger partial charge in [0.25, 0.3) is 0 Å². The van der Waals surface area contributed by atoms with Crippen molar-refractivity contribution in [1.82, 2.24) is 105 Å². The Morgan fingerprint density at radius 3 is 0.843 bits per heavy atom. The number of rotatable bonds is 52. The molecule has 0 saturated carbocycles. The molecule has 8 aromatic rings. The van der Waals surface area contributed by atoms with Crippen LogP contribution in [-0.4, -0.2) is 224 Å². The number of hydrogen-bond acceptors (Lipinski definition) is 17. The number of H-pyrrole nitrogens is 4. The number of aromatic amines is 4. The Morgan fingerprint density at radius 1 is 0.284 bits per heavy atom. The molecule has 4 heterocycles. The van der Waals surface area contributed by atoms with E-state index in [0.29, 0.717) is 44.9 Å². The monoisotopic (exact) mass is 1850 g/mol. The Kier molecular flexibility index (Phi) is 39.8. The number of carbonyl (C=O) groups excluding carboxylic acids is 16. The van der Waals surface area contributed by atoms with Gasteiger partial charge in [-0.1, -0.05) is 170 Å². The summed E-state index contributed by atoms with van der Waals surface area (Å²) < 4.78 is 0. The molecule has 0 unspecified atom stereocenters. The van der Waals surface area contributed by atoms with E-state index in [1.807, 2.05) is 133 Å². The van der Waals surface area contributed by atoms with Crippen molar-refractivity contribution in [1.29, 1.82) is 0 Å². The molecule has 726 valence electrons. The highest BCUT2D eigenvalue weighted by atomic mass is 16.3. The number of nitrogens with one attached hydrogen (secondary N) is 20. The topological polar surface area (TPSA) is 549 Å². The van der Waals surface area contributed by atoms with Crippen LogP contribution in [0.2, 0.25) is 0 Å². The number of amides is 16. The summed E-state index contributed by atoms with van der Waals surface area (Å²) >= 11 is 0. The van der Waals surface area contributed by atoms with Gasteiger partial charge >= 0.3 is 0 Å². The standard InChI is InChI=1S/C97H136N20O17/c1-50(2)36-72(107-85(122)58(16)105-80(120)48-103-84(121)57(15)104-49-119)88(125)106-59(17)86(123)115-82(55(11)12)96(133)117-83(56(13)14)97(134)116-81(54(9)10)95(132)114-79(43-63-47-102-71-33-25-21-29-67(63)71)94(131)110-75(39-53(7)8)91(128)113-78(42-62-46-101-70-32-24-20-28-66(62)70)93(130)109-74(38-52(5)6)90(127)112-77(41-61-45-100-69-31-23-19-27-65(61)69)92(129)108-73(37-51(3)4)89(126)111-76(87(124)98-34-35-118)40-60-44-99-68-30-22-18-26-64(60)68/h18-33,44-47,49-59,72-79,81-83,99-102,118H,34-43,48H2,1-17H3,(H,98,124)(H,103,121)(H,104,119)(H,105,120)(H,106,125)(H,107,122)(H,108,129)(H,109,130)(H,110,131)(H,111,126)(H,112,127)(H,113,128)(H,114,132)(H,115,123)(H,116,134)(H,117,133)/t57-,58-,59-,72+,73+,74+,75+,76-,77-,78-,79-,81+,82+,83-/m0/s1. The minimum absolute atomic E-state index is 0.0110. The lowest BCUT2D eigenvalue weighted by Crippen LogP contribution is -2.62. The first-order valence-corrected chi connectivity index (χ1v) is 46.0. The molecule has 0 aliphatic carbocycles. The second kappa shape index (κ2) is 50.4. The molecular formula is C97H136N20O17. The van der Waals surface area contributed by atoms with Gasteiger partial charge in [0.15, 0.2) is 0 Å². The van der Waals surface area contributed by atoms with E-state index in [1.165, 1.54) is 20.8 Å². The summed E-state index contributed by atoms with van der Waals surface area (Å²) in [6.45, 7) is 27.7. The van der Waals surface area contributed by atoms with Crippen LogP contribution in [0.5, 0.6) is 0 Å². The molecule has 37 nitrogen and oxygen atoms in total. The van der Waals surface area contributed by atoms with Crippen molar-refractivity contribution in [3.8, 4) is 0 Å². The summed E-state index contributed by atoms with van der Waals surface area (Å²) in [6.07, 6.45) is 6.97. The van der Waals surface area contributed by atoms with E-state index < -0.39 is 197 Å². The molecule has 134 heavy (non-hydrogen) atoms. The lowest BCUT2D eigenvalue weighted by atomic mass is 9.97. The quantitative estimate of drug-likeness (QED) is 0.0241. The zero-order valence-electron chi connectivity index (χ0n) is 79.5. The zero-order chi connectivity index (χ0) is 98.5. The Bertz CT molecular complexity index is 5420. The van der Waals surface area contributed by atoms with Gasteiger partial charge in [-0.25, -0.2) is 0 Å². The molecule has 0 aliphatic heterocycles. The first-order chi connectivity index (χ1) is 63.5. The van der Waals surface area contributed by atoms with Gasteiger partial charge in [-0.15, -0.1) is 0 Å². The maximum atomic E-state index is 15.6. The van der Waals surface area contributed by atoms with Crippen LogP contribution in [-0.2, 0) is 102 Å². The molecule has 0 bridgehead atoms. The number of benzene rings is 4. The van der Waals surface area contributed by atoms with Gasteiger partial charge in [-0.3, -0.25) is 76.7 Å². The van der Waals surface area contributed by atoms with Crippen LogP contribution >= 0.6 is 0 Å². The molecular weight excluding hydrogens is 1720 g/mol. The fraction of sp³-hybridized carbons (Fsp3) is 0.505. The van der Waals surface area contributed by atoms with Gasteiger partial charge in [-0.05, 0) is 134 Å². The van der Waals surface area contributed by atoms with E-state index in [1.54, 1.807) is 86.2 Å². The maximum Gasteiger partial charge on any atom is 0.243 e. The number of aliphatic hydroxyl groups excluding tert-OH is 1. The Hall–Kier alpha value is -13.5. The van der Waals surface area contributed by atoms with Crippen molar-refractivity contribution in [3.05, 3.63) is 144 Å². The smallest absolute Gasteiger partial charge is 0.243 e. The van der Waals surface area contributed by atoms with Gasteiger partial charge in [0.1, 0.15) is 84.6 Å². The highest BCUT2D eigenvalue weighted by Crippen LogP contribution is 2.26. The predicted octanol–water partition coefficient (Wildman–Crippen LogP) is 3.74. The van der Waals surface area contributed by atoms with Gasteiger partial charge in [0.05, 0.1) is 13.2 Å². The molecule has 0 spiro atoms. The van der Waals surface area contributed by atoms with E-state index in [2.05, 4.69) is 105 Å². The van der Waals surface area contributed by atoms with Crippen LogP contribution in [0.25, 0.3) is 43.6 Å². The molecule has 0 fully saturated rings. The average molecular weight is 1850 g/mol. The number of para-hydroxylation sites is 4. The van der Waals surface area contributed by atoms with E-state index in [0.717, 1.165) is 27.4 Å². The lowest BCUT2D eigenvalue weighted by molar-refractivity contribution is -0.137. The number of aromatic nitrogens is 4. The highest BCUT2D eigenvalue weighted by Gasteiger charge is 2.41. The molecule has 14 atom stereocenters. The summed E-state index contributed by atoms with van der Waals surface area (Å²) in [5, 5.41) is 56.2. The van der Waals surface area contributed by atoms with Crippen LogP contribution in [0.15, 0.2) is 122 Å². The minimum atomic E-state index is -1.48. The van der Waals surface area contributed by atoms with Gasteiger partial charge < -0.3 is 110 Å². The first-order valence-electron chi connectivity index (χ1n) is 46.0. The molecule has 0 aliphatic rings. The number of fused-ring (bicyclic) bond motifs is 4. The summed E-state index contributed by atoms with van der Waals surface area (Å²) in [6, 6.07) is 11.2. The number of carbonyl (C=O) groups is 16. The first kappa shape index (κ1) is 106. The molecule has 4 aromatic carbocycles. The van der Waals surface area contributed by atoms with Crippen molar-refractivity contribution in [2.75, 3.05) is 19.7 Å². The van der Waals surface area contributed by atoms with Crippen LogP contribution in [0, 0.1) is 41.4 Å². The SMILES string of the molecule is CC(C)C[C@@H](NC(=O)[C@H](C)NC(=O)CNC(=O)[C@H](C)NC=O)C(=O)N[C@@H](C)C(=O)N[C@@H](C(=O)N[C@H](C(=O)N[C@@H](C(=O)N[C@@H](Cc1c[nH]c2ccccc12)C(=O)N[C@H](CC(C)C)C(=O)N[C@@H](Cc1c[nH]c2ccccc12)C(=O)N[C@H](CC(C)C)C(=O)N[C@@H](Cc1c[nH]c2ccccc12)C(=O)N[C@H](CC(C)C)C(=O)N[C@@H](Cc1c[nH]c2ccccc12)C(=O)NCCO)C(C)C)C(C)C)C(C)C. The zero-order valence-corrected chi connectivity index (χ0v) is 79.5. The molecule has 8 rings (SSSR count). The van der Waals surface area contributed by atoms with Crippen molar-refractivity contribution < 1.29 is 81.8 Å². The second-order valence-electron chi connectivity index (χ2n) is 37.2. The summed E-state index contributed by atoms with van der Waals surface area (Å²) in [7, 11) is 0. The second-order valence-corrected chi connectivity index (χ2v) is 37.2. The molecule has 16 amide bonds. The fourth-order valence-corrected chi connectivity index (χ4v) is 15.8. The Labute approximate surface area is 780 Å². The molecule has 21 N–H and O–H groups in total. The number of aliphatic hydroxyl groups is 1. The van der Waals surface area contributed by atoms with Crippen molar-refractivity contribution in [2.45, 2.75) is 254 Å². The van der Waals surface area contributed by atoms with Crippen molar-refractivity contribution in [3.63, 3.8) is 0 Å². The van der Waals surface area contributed by atoms with Gasteiger partial charge in [-0.2, -0.15) is 0 Å². The normalized spacial score (nSPS) is 14.8.